The van der Waals surface area contributed by atoms with Crippen molar-refractivity contribution in [2.45, 2.75) is 26.0 Å². The normalized spacial score (nSPS) is 16.9. The molecule has 0 amide bonds. The summed E-state index contributed by atoms with van der Waals surface area (Å²) in [7, 11) is 0. The molecule has 21 heavy (non-hydrogen) atoms. The summed E-state index contributed by atoms with van der Waals surface area (Å²) in [6.45, 7) is 2.54. The molecule has 106 valence electrons. The Labute approximate surface area is 121 Å². The van der Waals surface area contributed by atoms with Gasteiger partial charge in [0.1, 0.15) is 11.9 Å². The van der Waals surface area contributed by atoms with Crippen LogP contribution in [0.5, 0.6) is 5.75 Å². The summed E-state index contributed by atoms with van der Waals surface area (Å²) in [6.07, 6.45) is 2.51. The highest BCUT2D eigenvalue weighted by Gasteiger charge is 2.24. The molecular formula is C16H15N3O2. The number of hydrogen-bond acceptors (Lipinski definition) is 3. The topological polar surface area (TPSA) is 48.5 Å². The van der Waals surface area contributed by atoms with Gasteiger partial charge in [-0.2, -0.15) is 0 Å². The first-order valence-electron chi connectivity index (χ1n) is 7.01. The summed E-state index contributed by atoms with van der Waals surface area (Å²) in [5.41, 5.74) is 2.97. The van der Waals surface area contributed by atoms with Gasteiger partial charge in [0, 0.05) is 12.6 Å². The van der Waals surface area contributed by atoms with E-state index >= 15 is 0 Å². The van der Waals surface area contributed by atoms with Gasteiger partial charge in [0.15, 0.2) is 5.65 Å². The maximum Gasteiger partial charge on any atom is 0.350 e. The Balaban J connectivity index is 1.62. The van der Waals surface area contributed by atoms with Gasteiger partial charge in [-0.15, -0.1) is 5.10 Å². The average molecular weight is 281 g/mol. The van der Waals surface area contributed by atoms with Crippen molar-refractivity contribution in [3.8, 4) is 5.75 Å². The lowest BCUT2D eigenvalue weighted by molar-refractivity contribution is 0.201. The molecule has 5 heteroatoms. The van der Waals surface area contributed by atoms with Crippen molar-refractivity contribution in [1.82, 2.24) is 14.2 Å². The number of aryl methyl sites for hydroxylation is 1. The number of fused-ring (bicyclic) bond motifs is 2. The van der Waals surface area contributed by atoms with Crippen molar-refractivity contribution in [2.24, 2.45) is 0 Å². The van der Waals surface area contributed by atoms with E-state index in [-0.39, 0.29) is 11.8 Å². The van der Waals surface area contributed by atoms with Crippen molar-refractivity contribution in [3.05, 3.63) is 64.2 Å². The summed E-state index contributed by atoms with van der Waals surface area (Å²) in [5.74, 6) is 0.919. The zero-order chi connectivity index (χ0) is 14.4. The molecule has 3 heterocycles. The number of aromatic nitrogens is 3. The Morgan fingerprint density at radius 3 is 3.10 bits per heavy atom. The second-order valence-electron chi connectivity index (χ2n) is 5.45. The Hall–Kier alpha value is -2.56. The van der Waals surface area contributed by atoms with Crippen LogP contribution in [0.25, 0.3) is 5.65 Å². The number of benzene rings is 1. The first kappa shape index (κ1) is 12.2. The SMILES string of the molecule is Cc1ccc2c(c1)CC(Cn1nc3ccccn3c1=O)O2. The molecule has 0 saturated heterocycles. The van der Waals surface area contributed by atoms with E-state index in [1.54, 1.807) is 10.6 Å². The molecule has 1 atom stereocenters. The zero-order valence-corrected chi connectivity index (χ0v) is 11.7. The fraction of sp³-hybridized carbons (Fsp3) is 0.250. The van der Waals surface area contributed by atoms with Gasteiger partial charge in [-0.1, -0.05) is 23.8 Å². The van der Waals surface area contributed by atoms with Crippen LogP contribution in [0.4, 0.5) is 0 Å². The molecule has 1 aliphatic rings. The number of pyridine rings is 1. The highest BCUT2D eigenvalue weighted by molar-refractivity contribution is 5.40. The molecule has 0 bridgehead atoms. The van der Waals surface area contributed by atoms with E-state index in [1.807, 2.05) is 30.3 Å². The van der Waals surface area contributed by atoms with Crippen LogP contribution in [-0.2, 0) is 13.0 Å². The third kappa shape index (κ3) is 2.01. The molecule has 0 fully saturated rings. The van der Waals surface area contributed by atoms with E-state index in [0.29, 0.717) is 12.2 Å². The molecule has 4 rings (SSSR count). The largest absolute Gasteiger partial charge is 0.488 e. The third-order valence-electron chi connectivity index (χ3n) is 3.82. The number of nitrogens with zero attached hydrogens (tertiary/aromatic N) is 3. The van der Waals surface area contributed by atoms with Gasteiger partial charge in [0.25, 0.3) is 0 Å². The van der Waals surface area contributed by atoms with Crippen LogP contribution in [0, 0.1) is 6.92 Å². The summed E-state index contributed by atoms with van der Waals surface area (Å²) >= 11 is 0. The van der Waals surface area contributed by atoms with Gasteiger partial charge >= 0.3 is 5.69 Å². The molecule has 3 aromatic rings. The van der Waals surface area contributed by atoms with Crippen molar-refractivity contribution >= 4 is 5.65 Å². The van der Waals surface area contributed by atoms with Crippen molar-refractivity contribution in [2.75, 3.05) is 0 Å². The van der Waals surface area contributed by atoms with Crippen LogP contribution in [0.2, 0.25) is 0 Å². The standard InChI is InChI=1S/C16H15N3O2/c1-11-5-6-14-12(8-11)9-13(21-14)10-19-16(20)18-7-3-2-4-15(18)17-19/h2-8,13H,9-10H2,1H3. The Bertz CT molecular complexity index is 879. The lowest BCUT2D eigenvalue weighted by Gasteiger charge is -2.09. The molecule has 0 N–H and O–H groups in total. The van der Waals surface area contributed by atoms with Crippen LogP contribution >= 0.6 is 0 Å². The van der Waals surface area contributed by atoms with E-state index in [0.717, 1.165) is 12.2 Å². The smallest absolute Gasteiger partial charge is 0.350 e. The Morgan fingerprint density at radius 2 is 2.24 bits per heavy atom. The van der Waals surface area contributed by atoms with E-state index in [9.17, 15) is 4.79 Å². The highest BCUT2D eigenvalue weighted by Crippen LogP contribution is 2.29. The van der Waals surface area contributed by atoms with Crippen molar-refractivity contribution < 1.29 is 4.74 Å². The quantitative estimate of drug-likeness (QED) is 0.720. The molecule has 0 spiro atoms. The van der Waals surface area contributed by atoms with Gasteiger partial charge in [0.2, 0.25) is 0 Å². The van der Waals surface area contributed by atoms with Gasteiger partial charge in [-0.05, 0) is 30.7 Å². The lowest BCUT2D eigenvalue weighted by Crippen LogP contribution is -2.29. The minimum absolute atomic E-state index is 0.0376. The minimum atomic E-state index is -0.124. The van der Waals surface area contributed by atoms with Crippen molar-refractivity contribution in [1.29, 1.82) is 0 Å². The van der Waals surface area contributed by atoms with E-state index in [1.165, 1.54) is 15.8 Å². The monoisotopic (exact) mass is 281 g/mol. The van der Waals surface area contributed by atoms with E-state index < -0.39 is 0 Å². The minimum Gasteiger partial charge on any atom is -0.488 e. The van der Waals surface area contributed by atoms with Gasteiger partial charge in [-0.25, -0.2) is 9.48 Å². The zero-order valence-electron chi connectivity index (χ0n) is 11.7. The molecule has 0 aliphatic carbocycles. The molecular weight excluding hydrogens is 266 g/mol. The van der Waals surface area contributed by atoms with Crippen molar-refractivity contribution in [3.63, 3.8) is 0 Å². The summed E-state index contributed by atoms with van der Waals surface area (Å²) < 4.78 is 8.94. The molecule has 1 aromatic carbocycles. The number of rotatable bonds is 2. The highest BCUT2D eigenvalue weighted by atomic mass is 16.5. The third-order valence-corrected chi connectivity index (χ3v) is 3.82. The van der Waals surface area contributed by atoms with Crippen LogP contribution in [0.1, 0.15) is 11.1 Å². The van der Waals surface area contributed by atoms with Gasteiger partial charge in [-0.3, -0.25) is 4.40 Å². The molecule has 2 aromatic heterocycles. The number of hydrogen-bond donors (Lipinski definition) is 0. The second-order valence-corrected chi connectivity index (χ2v) is 5.45. The van der Waals surface area contributed by atoms with Gasteiger partial charge in [0.05, 0.1) is 6.54 Å². The maximum atomic E-state index is 12.3. The summed E-state index contributed by atoms with van der Waals surface area (Å²) in [5, 5.41) is 4.34. The van der Waals surface area contributed by atoms with Crippen LogP contribution < -0.4 is 10.4 Å². The fourth-order valence-electron chi connectivity index (χ4n) is 2.83. The molecule has 0 radical (unpaired) electrons. The lowest BCUT2D eigenvalue weighted by atomic mass is 10.1. The van der Waals surface area contributed by atoms with Gasteiger partial charge < -0.3 is 4.74 Å². The predicted molar refractivity (Wildman–Crippen MR) is 78.8 cm³/mol. The average Bonchev–Trinajstić information content (AvgIpc) is 3.01. The molecule has 5 nitrogen and oxygen atoms in total. The second kappa shape index (κ2) is 4.48. The number of ether oxygens (including phenoxy) is 1. The summed E-state index contributed by atoms with van der Waals surface area (Å²) in [4.78, 5) is 12.3. The Morgan fingerprint density at radius 1 is 1.33 bits per heavy atom. The fourth-order valence-corrected chi connectivity index (χ4v) is 2.83. The van der Waals surface area contributed by atoms with E-state index in [2.05, 4.69) is 18.1 Å². The molecule has 1 aliphatic heterocycles. The first-order chi connectivity index (χ1) is 10.2. The summed E-state index contributed by atoms with van der Waals surface area (Å²) in [6, 6.07) is 11.7. The first-order valence-corrected chi connectivity index (χ1v) is 7.01. The van der Waals surface area contributed by atoms with Crippen LogP contribution in [0.15, 0.2) is 47.4 Å². The van der Waals surface area contributed by atoms with Crippen LogP contribution in [-0.4, -0.2) is 20.3 Å². The predicted octanol–water partition coefficient (Wildman–Crippen LogP) is 1.81. The van der Waals surface area contributed by atoms with Crippen LogP contribution in [0.3, 0.4) is 0 Å². The maximum absolute atomic E-state index is 12.3. The molecule has 0 saturated carbocycles. The molecule has 1 unspecified atom stereocenters. The Kier molecular flexibility index (Phi) is 2.60. The van der Waals surface area contributed by atoms with E-state index in [4.69, 9.17) is 4.74 Å².